The first kappa shape index (κ1) is 19.4. The number of methoxy groups -OCH3 is 3. The molecule has 2 rings (SSSR count). The molecule has 138 valence electrons. The summed E-state index contributed by atoms with van der Waals surface area (Å²) in [7, 11) is 4.74. The third kappa shape index (κ3) is 5.54. The lowest BCUT2D eigenvalue weighted by Crippen LogP contribution is -2.14. The van der Waals surface area contributed by atoms with Gasteiger partial charge in [0.05, 0.1) is 39.2 Å². The molecule has 2 aromatic rings. The summed E-state index contributed by atoms with van der Waals surface area (Å²) >= 11 is 0.539. The Morgan fingerprint density at radius 1 is 1.00 bits per heavy atom. The van der Waals surface area contributed by atoms with Crippen molar-refractivity contribution in [3.8, 4) is 17.2 Å². The van der Waals surface area contributed by atoms with Crippen LogP contribution in [0.2, 0.25) is 0 Å². The molecule has 1 heterocycles. The number of hydrogen-bond donors (Lipinski definition) is 1. The number of benzene rings is 1. The Labute approximate surface area is 149 Å². The second-order valence-electron chi connectivity index (χ2n) is 5.05. The summed E-state index contributed by atoms with van der Waals surface area (Å²) in [5.41, 5.74) is 0.853. The van der Waals surface area contributed by atoms with Gasteiger partial charge < -0.3 is 23.9 Å². The Hall–Kier alpha value is -1.93. The normalized spacial score (nSPS) is 11.0. The van der Waals surface area contributed by atoms with Gasteiger partial charge in [-0.25, -0.2) is 0 Å². The maximum Gasteiger partial charge on any atom is 0.284 e. The highest BCUT2D eigenvalue weighted by atomic mass is 32.2. The molecule has 0 bridgehead atoms. The second kappa shape index (κ2) is 9.53. The van der Waals surface area contributed by atoms with Crippen molar-refractivity contribution in [2.75, 3.05) is 21.3 Å². The van der Waals surface area contributed by atoms with Crippen molar-refractivity contribution in [3.63, 3.8) is 0 Å². The smallest absolute Gasteiger partial charge is 0.284 e. The zero-order chi connectivity index (χ0) is 18.2. The standard InChI is InChI=1S/C17H21F2NO4S/c1-21-13-6-15(22-2)14(16(7-13)23-3)9-20-8-11-4-5-12(24-11)10-25-17(18)19/h4-7,17,20H,8-10H2,1-3H3. The molecule has 0 radical (unpaired) electrons. The molecule has 0 aliphatic heterocycles. The van der Waals surface area contributed by atoms with E-state index in [1.54, 1.807) is 45.6 Å². The fraction of sp³-hybridized carbons (Fsp3) is 0.412. The van der Waals surface area contributed by atoms with E-state index in [1.807, 2.05) is 0 Å². The summed E-state index contributed by atoms with van der Waals surface area (Å²) in [4.78, 5) is 0. The Bertz CT molecular complexity index is 653. The molecule has 0 amide bonds. The van der Waals surface area contributed by atoms with Crippen molar-refractivity contribution in [2.45, 2.75) is 24.6 Å². The third-order valence-electron chi connectivity index (χ3n) is 3.49. The van der Waals surface area contributed by atoms with Gasteiger partial charge in [-0.05, 0) is 12.1 Å². The molecule has 25 heavy (non-hydrogen) atoms. The molecular weight excluding hydrogens is 352 g/mol. The minimum atomic E-state index is -2.40. The summed E-state index contributed by atoms with van der Waals surface area (Å²) in [6, 6.07) is 7.05. The Balaban J connectivity index is 1.97. The van der Waals surface area contributed by atoms with Crippen molar-refractivity contribution in [3.05, 3.63) is 41.3 Å². The highest BCUT2D eigenvalue weighted by Gasteiger charge is 2.13. The molecule has 8 heteroatoms. The summed E-state index contributed by atoms with van der Waals surface area (Å²) in [5, 5.41) is 3.23. The van der Waals surface area contributed by atoms with Gasteiger partial charge in [0.25, 0.3) is 5.76 Å². The van der Waals surface area contributed by atoms with Crippen molar-refractivity contribution in [2.24, 2.45) is 0 Å². The van der Waals surface area contributed by atoms with E-state index in [-0.39, 0.29) is 5.75 Å². The van der Waals surface area contributed by atoms with E-state index in [4.69, 9.17) is 18.6 Å². The predicted molar refractivity (Wildman–Crippen MR) is 92.6 cm³/mol. The van der Waals surface area contributed by atoms with Crippen LogP contribution in [0.3, 0.4) is 0 Å². The first-order chi connectivity index (χ1) is 12.1. The summed E-state index contributed by atoms with van der Waals surface area (Å²) in [6.07, 6.45) is 0. The number of furan rings is 1. The highest BCUT2D eigenvalue weighted by Crippen LogP contribution is 2.34. The third-order valence-corrected chi connectivity index (χ3v) is 4.19. The van der Waals surface area contributed by atoms with E-state index in [2.05, 4.69) is 5.32 Å². The van der Waals surface area contributed by atoms with Crippen LogP contribution in [0.15, 0.2) is 28.7 Å². The van der Waals surface area contributed by atoms with Crippen LogP contribution in [-0.2, 0) is 18.8 Å². The second-order valence-corrected chi connectivity index (χ2v) is 6.03. The van der Waals surface area contributed by atoms with E-state index >= 15 is 0 Å². The molecular formula is C17H21F2NO4S. The van der Waals surface area contributed by atoms with Crippen molar-refractivity contribution in [1.29, 1.82) is 0 Å². The van der Waals surface area contributed by atoms with Crippen LogP contribution in [0.5, 0.6) is 17.2 Å². The average molecular weight is 373 g/mol. The molecule has 0 saturated carbocycles. The summed E-state index contributed by atoms with van der Waals surface area (Å²) < 4.78 is 45.9. The molecule has 1 aromatic heterocycles. The maximum atomic E-state index is 12.2. The van der Waals surface area contributed by atoms with Gasteiger partial charge >= 0.3 is 0 Å². The lowest BCUT2D eigenvalue weighted by atomic mass is 10.1. The number of rotatable bonds is 10. The van der Waals surface area contributed by atoms with Crippen molar-refractivity contribution >= 4 is 11.8 Å². The van der Waals surface area contributed by atoms with Gasteiger partial charge in [0, 0.05) is 18.7 Å². The van der Waals surface area contributed by atoms with E-state index in [1.165, 1.54) is 0 Å². The Morgan fingerprint density at radius 2 is 1.64 bits per heavy atom. The first-order valence-corrected chi connectivity index (χ1v) is 8.59. The Morgan fingerprint density at radius 3 is 2.20 bits per heavy atom. The highest BCUT2D eigenvalue weighted by molar-refractivity contribution is 7.98. The molecule has 0 saturated heterocycles. The fourth-order valence-electron chi connectivity index (χ4n) is 2.30. The summed E-state index contributed by atoms with van der Waals surface area (Å²) in [5.74, 6) is 0.899. The predicted octanol–water partition coefficient (Wildman–Crippen LogP) is 4.05. The minimum Gasteiger partial charge on any atom is -0.496 e. The maximum absolute atomic E-state index is 12.2. The molecule has 0 unspecified atom stereocenters. The molecule has 1 N–H and O–H groups in total. The van der Waals surface area contributed by atoms with Crippen molar-refractivity contribution < 1.29 is 27.4 Å². The number of hydrogen-bond acceptors (Lipinski definition) is 6. The molecule has 1 aromatic carbocycles. The number of ether oxygens (including phenoxy) is 3. The van der Waals surface area contributed by atoms with Crippen molar-refractivity contribution in [1.82, 2.24) is 5.32 Å². The molecule has 0 spiro atoms. The van der Waals surface area contributed by atoms with Crippen LogP contribution in [0, 0.1) is 0 Å². The SMILES string of the molecule is COc1cc(OC)c(CNCc2ccc(CSC(F)F)o2)c(OC)c1. The number of thioether (sulfide) groups is 1. The minimum absolute atomic E-state index is 0.151. The summed E-state index contributed by atoms with van der Waals surface area (Å²) in [6.45, 7) is 0.940. The molecule has 0 aliphatic rings. The lowest BCUT2D eigenvalue weighted by molar-refractivity contribution is 0.251. The van der Waals surface area contributed by atoms with E-state index in [0.29, 0.717) is 53.6 Å². The molecule has 0 fully saturated rings. The Kier molecular flexibility index (Phi) is 7.39. The van der Waals surface area contributed by atoms with Gasteiger partial charge in [-0.2, -0.15) is 8.78 Å². The van der Waals surface area contributed by atoms with Gasteiger partial charge in [0.15, 0.2) is 0 Å². The molecule has 0 aliphatic carbocycles. The number of halogens is 2. The zero-order valence-electron chi connectivity index (χ0n) is 14.3. The monoisotopic (exact) mass is 373 g/mol. The molecule has 5 nitrogen and oxygen atoms in total. The van der Waals surface area contributed by atoms with Gasteiger partial charge in [-0.15, -0.1) is 0 Å². The van der Waals surface area contributed by atoms with E-state index in [0.717, 1.165) is 5.56 Å². The number of nitrogens with one attached hydrogen (secondary N) is 1. The van der Waals surface area contributed by atoms with Gasteiger partial charge in [-0.3, -0.25) is 0 Å². The van der Waals surface area contributed by atoms with E-state index in [9.17, 15) is 8.78 Å². The van der Waals surface area contributed by atoms with Gasteiger partial charge in [0.1, 0.15) is 28.8 Å². The van der Waals surface area contributed by atoms with Crippen LogP contribution in [-0.4, -0.2) is 27.1 Å². The lowest BCUT2D eigenvalue weighted by Gasteiger charge is -2.15. The van der Waals surface area contributed by atoms with Crippen LogP contribution in [0.4, 0.5) is 8.78 Å². The topological polar surface area (TPSA) is 52.9 Å². The van der Waals surface area contributed by atoms with Crippen LogP contribution >= 0.6 is 11.8 Å². The van der Waals surface area contributed by atoms with Crippen LogP contribution in [0.1, 0.15) is 17.1 Å². The van der Waals surface area contributed by atoms with Gasteiger partial charge in [0.2, 0.25) is 0 Å². The van der Waals surface area contributed by atoms with Crippen LogP contribution < -0.4 is 19.5 Å². The van der Waals surface area contributed by atoms with Crippen LogP contribution in [0.25, 0.3) is 0 Å². The average Bonchev–Trinajstić information content (AvgIpc) is 3.07. The number of alkyl halides is 2. The van der Waals surface area contributed by atoms with Gasteiger partial charge in [-0.1, -0.05) is 11.8 Å². The first-order valence-electron chi connectivity index (χ1n) is 7.54. The largest absolute Gasteiger partial charge is 0.496 e. The quantitative estimate of drug-likeness (QED) is 0.678. The van der Waals surface area contributed by atoms with E-state index < -0.39 is 5.76 Å². The zero-order valence-corrected chi connectivity index (χ0v) is 15.1. The molecule has 0 atom stereocenters. The fourth-order valence-corrected chi connectivity index (χ4v) is 2.75.